The molecule has 0 atom stereocenters. The molecular weight excluding hydrogens is 212 g/mol. The zero-order valence-corrected chi connectivity index (χ0v) is 10.8. The minimum absolute atomic E-state index is 0.140. The van der Waals surface area contributed by atoms with Gasteiger partial charge in [0.25, 0.3) is 0 Å². The first-order valence-corrected chi connectivity index (χ1v) is 6.27. The highest BCUT2D eigenvalue weighted by Gasteiger charge is 2.04. The van der Waals surface area contributed by atoms with Gasteiger partial charge in [-0.15, -0.1) is 0 Å². The van der Waals surface area contributed by atoms with Gasteiger partial charge in [0.05, 0.1) is 0 Å². The summed E-state index contributed by atoms with van der Waals surface area (Å²) in [6.45, 7) is 3.67. The van der Waals surface area contributed by atoms with E-state index in [-0.39, 0.29) is 5.91 Å². The molecule has 0 aliphatic heterocycles. The number of hydrogen-bond donors (Lipinski definition) is 1. The van der Waals surface area contributed by atoms with Gasteiger partial charge in [-0.05, 0) is 18.6 Å². The quantitative estimate of drug-likeness (QED) is 0.735. The number of benzene rings is 1. The lowest BCUT2D eigenvalue weighted by Gasteiger charge is -2.18. The lowest BCUT2D eigenvalue weighted by Crippen LogP contribution is -2.29. The molecule has 0 heterocycles. The Balaban J connectivity index is 2.24. The van der Waals surface area contributed by atoms with Crippen molar-refractivity contribution in [1.82, 2.24) is 5.32 Å². The minimum Gasteiger partial charge on any atom is -0.374 e. The number of carbonyl (C=O) groups excluding carboxylic acids is 1. The Hall–Kier alpha value is -1.51. The van der Waals surface area contributed by atoms with Crippen molar-refractivity contribution in [2.24, 2.45) is 0 Å². The second-order valence-electron chi connectivity index (χ2n) is 4.21. The first-order valence-electron chi connectivity index (χ1n) is 6.27. The summed E-state index contributed by atoms with van der Waals surface area (Å²) >= 11 is 0. The first kappa shape index (κ1) is 13.6. The van der Waals surface area contributed by atoms with Gasteiger partial charge >= 0.3 is 0 Å². The van der Waals surface area contributed by atoms with E-state index in [2.05, 4.69) is 29.3 Å². The van der Waals surface area contributed by atoms with Crippen molar-refractivity contribution >= 4 is 11.6 Å². The second kappa shape index (κ2) is 7.71. The molecule has 3 nitrogen and oxygen atoms in total. The van der Waals surface area contributed by atoms with Crippen molar-refractivity contribution in [2.75, 3.05) is 25.0 Å². The fourth-order valence-corrected chi connectivity index (χ4v) is 1.57. The molecule has 0 aromatic heterocycles. The van der Waals surface area contributed by atoms with Crippen LogP contribution in [0.25, 0.3) is 0 Å². The lowest BCUT2D eigenvalue weighted by molar-refractivity contribution is -0.120. The van der Waals surface area contributed by atoms with Crippen molar-refractivity contribution in [1.29, 1.82) is 0 Å². The number of nitrogens with zero attached hydrogens (tertiary/aromatic N) is 1. The van der Waals surface area contributed by atoms with Gasteiger partial charge in [0, 0.05) is 32.2 Å². The Morgan fingerprint density at radius 2 is 2.00 bits per heavy atom. The summed E-state index contributed by atoms with van der Waals surface area (Å²) in [6.07, 6.45) is 2.72. The molecule has 0 spiro atoms. The molecule has 0 bridgehead atoms. The van der Waals surface area contributed by atoms with E-state index in [0.717, 1.165) is 31.6 Å². The van der Waals surface area contributed by atoms with Gasteiger partial charge in [-0.25, -0.2) is 0 Å². The smallest absolute Gasteiger partial charge is 0.221 e. The predicted octanol–water partition coefficient (Wildman–Crippen LogP) is 2.43. The SMILES string of the molecule is CCCCNC(=O)CCN(C)c1ccccc1. The third-order valence-electron chi connectivity index (χ3n) is 2.72. The molecule has 0 aliphatic carbocycles. The van der Waals surface area contributed by atoms with Crippen LogP contribution < -0.4 is 10.2 Å². The van der Waals surface area contributed by atoms with E-state index in [1.165, 1.54) is 0 Å². The summed E-state index contributed by atoms with van der Waals surface area (Å²) in [5.41, 5.74) is 1.15. The zero-order valence-electron chi connectivity index (χ0n) is 10.8. The highest BCUT2D eigenvalue weighted by Crippen LogP contribution is 2.10. The van der Waals surface area contributed by atoms with Crippen LogP contribution in [0.3, 0.4) is 0 Å². The van der Waals surface area contributed by atoms with Crippen LogP contribution in [0, 0.1) is 0 Å². The van der Waals surface area contributed by atoms with Crippen LogP contribution in [-0.4, -0.2) is 26.0 Å². The summed E-state index contributed by atoms with van der Waals surface area (Å²) in [5, 5.41) is 2.92. The third-order valence-corrected chi connectivity index (χ3v) is 2.72. The number of hydrogen-bond acceptors (Lipinski definition) is 2. The van der Waals surface area contributed by atoms with Gasteiger partial charge in [-0.1, -0.05) is 31.5 Å². The van der Waals surface area contributed by atoms with Gasteiger partial charge in [-0.2, -0.15) is 0 Å². The maximum Gasteiger partial charge on any atom is 0.221 e. The minimum atomic E-state index is 0.140. The van der Waals surface area contributed by atoms with Gasteiger partial charge in [0.15, 0.2) is 0 Å². The Kier molecular flexibility index (Phi) is 6.15. The van der Waals surface area contributed by atoms with Crippen molar-refractivity contribution < 1.29 is 4.79 Å². The highest BCUT2D eigenvalue weighted by molar-refractivity contribution is 5.76. The van der Waals surface area contributed by atoms with Gasteiger partial charge < -0.3 is 10.2 Å². The van der Waals surface area contributed by atoms with E-state index in [1.807, 2.05) is 25.2 Å². The molecule has 94 valence electrons. The summed E-state index contributed by atoms with van der Waals surface area (Å²) in [7, 11) is 2.01. The lowest BCUT2D eigenvalue weighted by atomic mass is 10.2. The van der Waals surface area contributed by atoms with Gasteiger partial charge in [-0.3, -0.25) is 4.79 Å². The van der Waals surface area contributed by atoms with Crippen LogP contribution in [0.15, 0.2) is 30.3 Å². The molecule has 1 amide bonds. The average Bonchev–Trinajstić information content (AvgIpc) is 2.37. The van der Waals surface area contributed by atoms with E-state index >= 15 is 0 Å². The Morgan fingerprint density at radius 3 is 2.65 bits per heavy atom. The fourth-order valence-electron chi connectivity index (χ4n) is 1.57. The molecule has 0 saturated heterocycles. The summed E-state index contributed by atoms with van der Waals surface area (Å²) in [5.74, 6) is 0.140. The molecule has 1 aromatic carbocycles. The summed E-state index contributed by atoms with van der Waals surface area (Å²) in [4.78, 5) is 13.6. The molecule has 0 aliphatic rings. The number of para-hydroxylation sites is 1. The molecule has 0 saturated carbocycles. The van der Waals surface area contributed by atoms with E-state index in [9.17, 15) is 4.79 Å². The van der Waals surface area contributed by atoms with Crippen molar-refractivity contribution in [2.45, 2.75) is 26.2 Å². The van der Waals surface area contributed by atoms with Crippen LogP contribution >= 0.6 is 0 Å². The number of amides is 1. The third kappa shape index (κ3) is 5.38. The van der Waals surface area contributed by atoms with Crippen LogP contribution in [0.2, 0.25) is 0 Å². The molecule has 1 rings (SSSR count). The molecule has 1 aromatic rings. The number of unbranched alkanes of at least 4 members (excludes halogenated alkanes) is 1. The van der Waals surface area contributed by atoms with E-state index in [4.69, 9.17) is 0 Å². The molecule has 3 heteroatoms. The van der Waals surface area contributed by atoms with E-state index in [1.54, 1.807) is 0 Å². The number of anilines is 1. The largest absolute Gasteiger partial charge is 0.374 e. The Bertz CT molecular complexity index is 324. The topological polar surface area (TPSA) is 32.3 Å². The normalized spacial score (nSPS) is 10.0. The Morgan fingerprint density at radius 1 is 1.29 bits per heavy atom. The zero-order chi connectivity index (χ0) is 12.5. The second-order valence-corrected chi connectivity index (χ2v) is 4.21. The van der Waals surface area contributed by atoms with Crippen molar-refractivity contribution in [3.8, 4) is 0 Å². The summed E-state index contributed by atoms with van der Waals surface area (Å²) in [6, 6.07) is 10.1. The van der Waals surface area contributed by atoms with Gasteiger partial charge in [0.2, 0.25) is 5.91 Å². The first-order chi connectivity index (χ1) is 8.24. The van der Waals surface area contributed by atoms with E-state index in [0.29, 0.717) is 6.42 Å². The standard InChI is InChI=1S/C14H22N2O/c1-3-4-11-15-14(17)10-12-16(2)13-8-6-5-7-9-13/h5-9H,3-4,10-12H2,1-2H3,(H,15,17). The maximum atomic E-state index is 11.5. The molecule has 0 radical (unpaired) electrons. The fraction of sp³-hybridized carbons (Fsp3) is 0.500. The maximum absolute atomic E-state index is 11.5. The van der Waals surface area contributed by atoms with Crippen LogP contribution in [0.4, 0.5) is 5.69 Å². The number of rotatable bonds is 7. The number of carbonyl (C=O) groups is 1. The predicted molar refractivity (Wildman–Crippen MR) is 72.2 cm³/mol. The Labute approximate surface area is 104 Å². The molecule has 1 N–H and O–H groups in total. The van der Waals surface area contributed by atoms with Crippen molar-refractivity contribution in [3.63, 3.8) is 0 Å². The van der Waals surface area contributed by atoms with Gasteiger partial charge in [0.1, 0.15) is 0 Å². The van der Waals surface area contributed by atoms with Crippen LogP contribution in [-0.2, 0) is 4.79 Å². The average molecular weight is 234 g/mol. The summed E-state index contributed by atoms with van der Waals surface area (Å²) < 4.78 is 0. The number of nitrogens with one attached hydrogen (secondary N) is 1. The van der Waals surface area contributed by atoms with E-state index < -0.39 is 0 Å². The van der Waals surface area contributed by atoms with Crippen LogP contribution in [0.5, 0.6) is 0 Å². The monoisotopic (exact) mass is 234 g/mol. The van der Waals surface area contributed by atoms with Crippen LogP contribution in [0.1, 0.15) is 26.2 Å². The van der Waals surface area contributed by atoms with Crippen molar-refractivity contribution in [3.05, 3.63) is 30.3 Å². The molecule has 17 heavy (non-hydrogen) atoms. The molecule has 0 unspecified atom stereocenters. The molecular formula is C14H22N2O. The molecule has 0 fully saturated rings. The highest BCUT2D eigenvalue weighted by atomic mass is 16.1.